The number of aliphatic hydroxyl groups is 3. The lowest BCUT2D eigenvalue weighted by Crippen LogP contribution is -2.67. The molecule has 3 N–H and O–H groups in total. The van der Waals surface area contributed by atoms with Crippen LogP contribution in [0.2, 0.25) is 0 Å². The summed E-state index contributed by atoms with van der Waals surface area (Å²) in [5.74, 6) is 0. The van der Waals surface area contributed by atoms with Crippen molar-refractivity contribution >= 4 is 0 Å². The van der Waals surface area contributed by atoms with E-state index in [0.717, 1.165) is 0 Å². The number of rotatable bonds is 0. The molecule has 3 aliphatic heterocycles. The van der Waals surface area contributed by atoms with E-state index in [1.807, 2.05) is 0 Å². The normalized spacial score (nSPS) is 59.7. The minimum Gasteiger partial charge on any atom is -0.387 e. The molecule has 3 fully saturated rings. The Morgan fingerprint density at radius 2 is 1.10 bits per heavy atom. The van der Waals surface area contributed by atoms with Gasteiger partial charge in [-0.25, -0.2) is 0 Å². The maximum Gasteiger partial charge on any atom is 0.192 e. The van der Waals surface area contributed by atoms with Crippen LogP contribution in [0.5, 0.6) is 0 Å². The molecule has 3 atom stereocenters. The van der Waals surface area contributed by atoms with E-state index in [2.05, 4.69) is 0 Å². The van der Waals surface area contributed by atoms with Gasteiger partial charge < -0.3 is 24.8 Å². The molecule has 3 aliphatic rings. The molecular formula is C5H8O5. The minimum absolute atomic E-state index is 0.747. The van der Waals surface area contributed by atoms with E-state index < -0.39 is 30.9 Å². The van der Waals surface area contributed by atoms with Crippen LogP contribution < -0.4 is 0 Å². The summed E-state index contributed by atoms with van der Waals surface area (Å²) in [4.78, 5) is 0. The average molecular weight is 148 g/mol. The number of ether oxygens (including phenoxy) is 2. The second-order valence-corrected chi connectivity index (χ2v) is 2.48. The van der Waals surface area contributed by atoms with Gasteiger partial charge in [-0.05, 0) is 0 Å². The fourth-order valence-corrected chi connectivity index (χ4v) is 1.12. The summed E-state index contributed by atoms with van der Waals surface area (Å²) in [7, 11) is 0. The summed E-state index contributed by atoms with van der Waals surface area (Å²) in [5.41, 5.74) is 0. The van der Waals surface area contributed by atoms with Crippen LogP contribution in [0.15, 0.2) is 0 Å². The van der Waals surface area contributed by atoms with Crippen LogP contribution in [0.25, 0.3) is 0 Å². The second-order valence-electron chi connectivity index (χ2n) is 2.48. The molecule has 0 aromatic carbocycles. The van der Waals surface area contributed by atoms with Gasteiger partial charge in [-0.15, -0.1) is 0 Å². The molecule has 3 heterocycles. The Labute approximate surface area is 56.8 Å². The predicted octanol–water partition coefficient (Wildman–Crippen LogP) is -2.22. The van der Waals surface area contributed by atoms with Crippen LogP contribution in [0.1, 0.15) is 0 Å². The topological polar surface area (TPSA) is 79.2 Å². The van der Waals surface area contributed by atoms with Crippen molar-refractivity contribution in [3.05, 3.63) is 0 Å². The number of aliphatic hydroxyl groups excluding tert-OH is 3. The maximum absolute atomic E-state index is 8.99. The molecule has 0 spiro atoms. The Morgan fingerprint density at radius 3 is 1.40 bits per heavy atom. The van der Waals surface area contributed by atoms with Crippen molar-refractivity contribution in [2.45, 2.75) is 30.9 Å². The number of fused-ring (bicyclic) bond motifs is 2. The van der Waals surface area contributed by atoms with Gasteiger partial charge in [0.2, 0.25) is 0 Å². The van der Waals surface area contributed by atoms with E-state index in [9.17, 15) is 0 Å². The van der Waals surface area contributed by atoms with Crippen LogP contribution >= 0.6 is 0 Å². The van der Waals surface area contributed by atoms with Crippen molar-refractivity contribution in [1.82, 2.24) is 0 Å². The zero-order valence-corrected chi connectivity index (χ0v) is 5.04. The number of hydrogen-bond acceptors (Lipinski definition) is 5. The van der Waals surface area contributed by atoms with Gasteiger partial charge >= 0.3 is 0 Å². The van der Waals surface area contributed by atoms with Crippen molar-refractivity contribution in [3.63, 3.8) is 0 Å². The van der Waals surface area contributed by atoms with Gasteiger partial charge in [-0.1, -0.05) is 0 Å². The van der Waals surface area contributed by atoms with E-state index in [4.69, 9.17) is 24.8 Å². The van der Waals surface area contributed by atoms with Gasteiger partial charge in [0.15, 0.2) is 12.6 Å². The van der Waals surface area contributed by atoms with Gasteiger partial charge in [0.25, 0.3) is 0 Å². The predicted molar refractivity (Wildman–Crippen MR) is 27.8 cm³/mol. The SMILES string of the molecule is OC1[C@H](O)C2OC(O2)[C@@H]1O. The largest absolute Gasteiger partial charge is 0.387 e. The highest BCUT2D eigenvalue weighted by atomic mass is 16.9. The van der Waals surface area contributed by atoms with Gasteiger partial charge in [-0.3, -0.25) is 0 Å². The highest BCUT2D eigenvalue weighted by Gasteiger charge is 2.53. The molecule has 0 saturated carbocycles. The van der Waals surface area contributed by atoms with Crippen LogP contribution in [-0.2, 0) is 9.47 Å². The van der Waals surface area contributed by atoms with Crippen LogP contribution in [0.4, 0.5) is 0 Å². The molecule has 0 amide bonds. The zero-order valence-electron chi connectivity index (χ0n) is 5.04. The summed E-state index contributed by atoms with van der Waals surface area (Å²) in [5, 5.41) is 27.0. The van der Waals surface area contributed by atoms with Gasteiger partial charge in [0.1, 0.15) is 18.3 Å². The lowest BCUT2D eigenvalue weighted by atomic mass is 10.0. The highest BCUT2D eigenvalue weighted by molar-refractivity contribution is 4.91. The fourth-order valence-electron chi connectivity index (χ4n) is 1.12. The summed E-state index contributed by atoms with van der Waals surface area (Å²) < 4.78 is 9.58. The maximum atomic E-state index is 8.99. The van der Waals surface area contributed by atoms with Crippen molar-refractivity contribution in [3.8, 4) is 0 Å². The van der Waals surface area contributed by atoms with Gasteiger partial charge in [0, 0.05) is 0 Å². The second kappa shape index (κ2) is 1.90. The molecule has 3 saturated heterocycles. The molecule has 1 unspecified atom stereocenters. The standard InChI is InChI=1S/C5H8O5/c6-1-2(7)4-9-5(10-4)3(1)8/h1-8H/t1?,2-,3+,4?,5?. The average Bonchev–Trinajstić information content (AvgIpc) is 1.78. The third-order valence-corrected chi connectivity index (χ3v) is 1.79. The van der Waals surface area contributed by atoms with Crippen LogP contribution in [0.3, 0.4) is 0 Å². The Kier molecular flexibility index (Phi) is 1.23. The van der Waals surface area contributed by atoms with E-state index >= 15 is 0 Å². The van der Waals surface area contributed by atoms with Crippen LogP contribution in [0, 0.1) is 0 Å². The monoisotopic (exact) mass is 148 g/mol. The van der Waals surface area contributed by atoms with Crippen molar-refractivity contribution in [1.29, 1.82) is 0 Å². The van der Waals surface area contributed by atoms with Crippen molar-refractivity contribution in [2.75, 3.05) is 0 Å². The first-order valence-electron chi connectivity index (χ1n) is 3.05. The molecule has 0 aromatic heterocycles. The molecule has 10 heavy (non-hydrogen) atoms. The molecule has 58 valence electrons. The molecule has 0 aliphatic carbocycles. The molecule has 5 nitrogen and oxygen atoms in total. The quantitative estimate of drug-likeness (QED) is 0.362. The lowest BCUT2D eigenvalue weighted by molar-refractivity contribution is -0.467. The molecule has 5 heteroatoms. The Morgan fingerprint density at radius 1 is 0.700 bits per heavy atom. The highest BCUT2D eigenvalue weighted by Crippen LogP contribution is 2.32. The first-order chi connectivity index (χ1) is 4.70. The minimum atomic E-state index is -1.14. The van der Waals surface area contributed by atoms with Crippen LogP contribution in [-0.4, -0.2) is 46.2 Å². The third-order valence-electron chi connectivity index (χ3n) is 1.79. The van der Waals surface area contributed by atoms with E-state index in [1.54, 1.807) is 0 Å². The summed E-state index contributed by atoms with van der Waals surface area (Å²) in [6.07, 6.45) is -4.88. The van der Waals surface area contributed by atoms with Gasteiger partial charge in [0.05, 0.1) is 0 Å². The molecule has 3 rings (SSSR count). The molecule has 0 radical (unpaired) electrons. The Balaban J connectivity index is 2.11. The van der Waals surface area contributed by atoms with E-state index in [-0.39, 0.29) is 0 Å². The summed E-state index contributed by atoms with van der Waals surface area (Å²) in [6, 6.07) is 0. The first kappa shape index (κ1) is 6.51. The smallest absolute Gasteiger partial charge is 0.192 e. The summed E-state index contributed by atoms with van der Waals surface area (Å²) >= 11 is 0. The first-order valence-corrected chi connectivity index (χ1v) is 3.05. The van der Waals surface area contributed by atoms with E-state index in [0.29, 0.717) is 0 Å². The number of hydrogen-bond donors (Lipinski definition) is 3. The van der Waals surface area contributed by atoms with Gasteiger partial charge in [-0.2, -0.15) is 0 Å². The van der Waals surface area contributed by atoms with E-state index in [1.165, 1.54) is 0 Å². The molecule has 2 bridgehead atoms. The molecular weight excluding hydrogens is 140 g/mol. The summed E-state index contributed by atoms with van der Waals surface area (Å²) in [6.45, 7) is 0. The van der Waals surface area contributed by atoms with Crippen molar-refractivity contribution in [2.24, 2.45) is 0 Å². The molecule has 0 aromatic rings. The zero-order chi connectivity index (χ0) is 7.30. The van der Waals surface area contributed by atoms with Crippen molar-refractivity contribution < 1.29 is 24.8 Å². The Bertz CT molecular complexity index is 125. The Hall–Kier alpha value is -0.200. The third kappa shape index (κ3) is 0.637. The fraction of sp³-hybridized carbons (Fsp3) is 1.00. The lowest BCUT2D eigenvalue weighted by Gasteiger charge is -2.48.